The van der Waals surface area contributed by atoms with Gasteiger partial charge in [-0.1, -0.05) is 13.8 Å². The third-order valence-corrected chi connectivity index (χ3v) is 3.33. The quantitative estimate of drug-likeness (QED) is 0.819. The molecule has 0 saturated carbocycles. The predicted molar refractivity (Wildman–Crippen MR) is 89.2 cm³/mol. The van der Waals surface area contributed by atoms with Gasteiger partial charge < -0.3 is 10.2 Å². The van der Waals surface area contributed by atoms with Crippen molar-refractivity contribution in [2.24, 2.45) is 0 Å². The van der Waals surface area contributed by atoms with Crippen molar-refractivity contribution in [1.82, 2.24) is 9.97 Å². The first-order chi connectivity index (χ1) is 11.0. The molecule has 0 saturated heterocycles. The summed E-state index contributed by atoms with van der Waals surface area (Å²) in [5, 5.41) is 3.01. The first-order valence-electron chi connectivity index (χ1n) is 7.86. The van der Waals surface area contributed by atoms with Gasteiger partial charge in [0.25, 0.3) is 0 Å². The number of aromatic nitrogens is 2. The van der Waals surface area contributed by atoms with E-state index in [2.05, 4.69) is 34.0 Å². The molecule has 0 bridgehead atoms. The predicted octanol–water partition coefficient (Wildman–Crippen LogP) is 4.43. The molecule has 1 heterocycles. The smallest absolute Gasteiger partial charge is 0.160 e. The van der Waals surface area contributed by atoms with E-state index in [1.165, 1.54) is 6.07 Å². The van der Waals surface area contributed by atoms with E-state index in [1.54, 1.807) is 0 Å². The van der Waals surface area contributed by atoms with Crippen LogP contribution in [0.25, 0.3) is 0 Å². The van der Waals surface area contributed by atoms with Crippen LogP contribution >= 0.6 is 0 Å². The summed E-state index contributed by atoms with van der Waals surface area (Å²) >= 11 is 0. The molecular weight excluding hydrogens is 298 g/mol. The standard InChI is InChI=1S/C17H22F2N4/c1-4-8-23(9-5-2)17-11-16(20-12(3)21-17)22-13-6-7-14(18)15(19)10-13/h6-7,10-11H,4-5,8-9H2,1-3H3,(H,20,21,22). The van der Waals surface area contributed by atoms with Gasteiger partial charge in [0.05, 0.1) is 0 Å². The zero-order valence-electron chi connectivity index (χ0n) is 13.7. The summed E-state index contributed by atoms with van der Waals surface area (Å²) in [5.74, 6) is 0.276. The van der Waals surface area contributed by atoms with Crippen LogP contribution in [-0.2, 0) is 0 Å². The fourth-order valence-electron chi connectivity index (χ4n) is 2.38. The molecule has 0 aliphatic heterocycles. The van der Waals surface area contributed by atoms with Crippen LogP contribution in [0.1, 0.15) is 32.5 Å². The average Bonchev–Trinajstić information content (AvgIpc) is 2.50. The van der Waals surface area contributed by atoms with Gasteiger partial charge in [-0.15, -0.1) is 0 Å². The van der Waals surface area contributed by atoms with Gasteiger partial charge in [-0.05, 0) is 31.9 Å². The number of benzene rings is 1. The van der Waals surface area contributed by atoms with E-state index in [0.717, 1.165) is 43.9 Å². The molecule has 124 valence electrons. The fourth-order valence-corrected chi connectivity index (χ4v) is 2.38. The Morgan fingerprint density at radius 1 is 1.00 bits per heavy atom. The van der Waals surface area contributed by atoms with Gasteiger partial charge in [-0.25, -0.2) is 18.7 Å². The Bertz CT molecular complexity index is 655. The molecule has 2 rings (SSSR count). The second kappa shape index (κ2) is 7.85. The van der Waals surface area contributed by atoms with Gasteiger partial charge in [0.1, 0.15) is 17.5 Å². The van der Waals surface area contributed by atoms with Gasteiger partial charge in [0.15, 0.2) is 11.6 Å². The summed E-state index contributed by atoms with van der Waals surface area (Å²) < 4.78 is 26.3. The van der Waals surface area contributed by atoms with Crippen LogP contribution in [0.3, 0.4) is 0 Å². The normalized spacial score (nSPS) is 10.7. The summed E-state index contributed by atoms with van der Waals surface area (Å²) in [6, 6.07) is 5.51. The van der Waals surface area contributed by atoms with Crippen molar-refractivity contribution in [2.45, 2.75) is 33.6 Å². The monoisotopic (exact) mass is 320 g/mol. The molecule has 1 aromatic carbocycles. The largest absolute Gasteiger partial charge is 0.356 e. The zero-order chi connectivity index (χ0) is 16.8. The lowest BCUT2D eigenvalue weighted by atomic mass is 10.3. The van der Waals surface area contributed by atoms with Crippen LogP contribution in [0.5, 0.6) is 0 Å². The molecule has 23 heavy (non-hydrogen) atoms. The molecule has 2 aromatic rings. The third kappa shape index (κ3) is 4.61. The minimum absolute atomic E-state index is 0.450. The highest BCUT2D eigenvalue weighted by molar-refractivity contribution is 5.59. The number of nitrogens with one attached hydrogen (secondary N) is 1. The van der Waals surface area contributed by atoms with Crippen LogP contribution in [-0.4, -0.2) is 23.1 Å². The van der Waals surface area contributed by atoms with E-state index < -0.39 is 11.6 Å². The first kappa shape index (κ1) is 17.1. The molecule has 0 aliphatic rings. The number of halogens is 2. The van der Waals surface area contributed by atoms with E-state index in [1.807, 2.05) is 13.0 Å². The number of rotatable bonds is 7. The van der Waals surface area contributed by atoms with Crippen LogP contribution in [0.4, 0.5) is 26.1 Å². The van der Waals surface area contributed by atoms with Crippen molar-refractivity contribution < 1.29 is 8.78 Å². The van der Waals surface area contributed by atoms with E-state index in [0.29, 0.717) is 17.3 Å². The van der Waals surface area contributed by atoms with Gasteiger partial charge in [-0.3, -0.25) is 0 Å². The van der Waals surface area contributed by atoms with Crippen molar-refractivity contribution >= 4 is 17.3 Å². The average molecular weight is 320 g/mol. The number of nitrogens with zero attached hydrogens (tertiary/aromatic N) is 3. The molecule has 0 fully saturated rings. The Hall–Kier alpha value is -2.24. The maximum atomic E-state index is 13.3. The van der Waals surface area contributed by atoms with Gasteiger partial charge in [0.2, 0.25) is 0 Å². The minimum atomic E-state index is -0.889. The van der Waals surface area contributed by atoms with Crippen molar-refractivity contribution in [1.29, 1.82) is 0 Å². The van der Waals surface area contributed by atoms with Crippen molar-refractivity contribution in [2.75, 3.05) is 23.3 Å². The van der Waals surface area contributed by atoms with Crippen LogP contribution in [0.2, 0.25) is 0 Å². The molecule has 0 aliphatic carbocycles. The molecule has 0 spiro atoms. The zero-order valence-corrected chi connectivity index (χ0v) is 13.7. The maximum absolute atomic E-state index is 13.3. The first-order valence-corrected chi connectivity index (χ1v) is 7.86. The van der Waals surface area contributed by atoms with Crippen LogP contribution < -0.4 is 10.2 Å². The summed E-state index contributed by atoms with van der Waals surface area (Å²) in [5.41, 5.74) is 0.450. The number of hydrogen-bond donors (Lipinski definition) is 1. The molecule has 0 radical (unpaired) electrons. The molecule has 1 N–H and O–H groups in total. The van der Waals surface area contributed by atoms with E-state index in [-0.39, 0.29) is 0 Å². The molecule has 0 atom stereocenters. The topological polar surface area (TPSA) is 41.0 Å². The number of hydrogen-bond acceptors (Lipinski definition) is 4. The lowest BCUT2D eigenvalue weighted by Gasteiger charge is -2.23. The summed E-state index contributed by atoms with van der Waals surface area (Å²) in [6.07, 6.45) is 2.05. The SMILES string of the molecule is CCCN(CCC)c1cc(Nc2ccc(F)c(F)c2)nc(C)n1. The lowest BCUT2D eigenvalue weighted by molar-refractivity contribution is 0.509. The van der Waals surface area contributed by atoms with E-state index in [4.69, 9.17) is 0 Å². The summed E-state index contributed by atoms with van der Waals surface area (Å²) in [6.45, 7) is 7.88. The summed E-state index contributed by atoms with van der Waals surface area (Å²) in [7, 11) is 0. The molecule has 0 unspecified atom stereocenters. The minimum Gasteiger partial charge on any atom is -0.356 e. The van der Waals surface area contributed by atoms with Crippen molar-refractivity contribution in [3.05, 3.63) is 41.7 Å². The second-order valence-corrected chi connectivity index (χ2v) is 5.40. The Kier molecular flexibility index (Phi) is 5.84. The van der Waals surface area contributed by atoms with Crippen LogP contribution in [0, 0.1) is 18.6 Å². The molecule has 6 heteroatoms. The Morgan fingerprint density at radius 2 is 1.70 bits per heavy atom. The third-order valence-electron chi connectivity index (χ3n) is 3.33. The van der Waals surface area contributed by atoms with Gasteiger partial charge in [-0.2, -0.15) is 0 Å². The molecule has 1 aromatic heterocycles. The van der Waals surface area contributed by atoms with Gasteiger partial charge >= 0.3 is 0 Å². The van der Waals surface area contributed by atoms with E-state index >= 15 is 0 Å². The molecular formula is C17H22F2N4. The highest BCUT2D eigenvalue weighted by Gasteiger charge is 2.10. The number of aryl methyl sites for hydroxylation is 1. The maximum Gasteiger partial charge on any atom is 0.160 e. The van der Waals surface area contributed by atoms with Crippen molar-refractivity contribution in [3.63, 3.8) is 0 Å². The Morgan fingerprint density at radius 3 is 2.30 bits per heavy atom. The second-order valence-electron chi connectivity index (χ2n) is 5.40. The lowest BCUT2D eigenvalue weighted by Crippen LogP contribution is -2.26. The Labute approximate surface area is 135 Å². The van der Waals surface area contributed by atoms with Crippen LogP contribution in [0.15, 0.2) is 24.3 Å². The highest BCUT2D eigenvalue weighted by atomic mass is 19.2. The number of anilines is 3. The molecule has 0 amide bonds. The van der Waals surface area contributed by atoms with Gasteiger partial charge in [0, 0.05) is 30.9 Å². The highest BCUT2D eigenvalue weighted by Crippen LogP contribution is 2.21. The van der Waals surface area contributed by atoms with Crippen molar-refractivity contribution in [3.8, 4) is 0 Å². The fraction of sp³-hybridized carbons (Fsp3) is 0.412. The Balaban J connectivity index is 2.26. The molecule has 4 nitrogen and oxygen atoms in total. The summed E-state index contributed by atoms with van der Waals surface area (Å²) in [4.78, 5) is 11.0. The van der Waals surface area contributed by atoms with E-state index in [9.17, 15) is 8.78 Å².